The molecule has 0 aromatic heterocycles. The Morgan fingerprint density at radius 3 is 1.44 bits per heavy atom. The van der Waals surface area contributed by atoms with E-state index in [1.807, 2.05) is 20.8 Å². The van der Waals surface area contributed by atoms with E-state index in [-0.39, 0.29) is 73.4 Å². The van der Waals surface area contributed by atoms with E-state index in [0.717, 1.165) is 25.7 Å². The molecule has 4 aliphatic carbocycles. The minimum absolute atomic E-state index is 0.0328. The average Bonchev–Trinajstić information content (AvgIpc) is 1.68. The third kappa shape index (κ3) is 16.9. The van der Waals surface area contributed by atoms with Crippen LogP contribution in [0.2, 0.25) is 0 Å². The molecular formula is C71H90F12N2O8. The second-order valence-electron chi connectivity index (χ2n) is 28.0. The number of halogens is 12. The van der Waals surface area contributed by atoms with Crippen LogP contribution in [0.4, 0.5) is 75.4 Å². The van der Waals surface area contributed by atoms with Gasteiger partial charge in [-0.05, 0) is 159 Å². The lowest BCUT2D eigenvalue weighted by Gasteiger charge is -2.65. The first-order valence-electron chi connectivity index (χ1n) is 33.8. The summed E-state index contributed by atoms with van der Waals surface area (Å²) in [4.78, 5) is 82.2. The van der Waals surface area contributed by atoms with Crippen molar-refractivity contribution in [2.75, 3.05) is 17.2 Å². The smallest absolute Gasteiger partial charge is 0.416 e. The third-order valence-corrected chi connectivity index (χ3v) is 22.0. The van der Waals surface area contributed by atoms with E-state index in [0.29, 0.717) is 69.2 Å². The number of hydrogen-bond donors (Lipinski definition) is 2. The second-order valence-corrected chi connectivity index (χ2v) is 28.0. The first-order valence-corrected chi connectivity index (χ1v) is 33.8. The van der Waals surface area contributed by atoms with Gasteiger partial charge in [0.2, 0.25) is 21.7 Å². The molecule has 8 rings (SSSR count). The molecule has 516 valence electrons. The first kappa shape index (κ1) is 73.1. The number of rotatable bonds is 31. The number of carbonyl (C=O) groups is 2. The quantitative estimate of drug-likeness (QED) is 0.0216. The summed E-state index contributed by atoms with van der Waals surface area (Å²) < 4.78 is 182. The van der Waals surface area contributed by atoms with Crippen molar-refractivity contribution in [1.29, 1.82) is 0 Å². The van der Waals surface area contributed by atoms with Crippen molar-refractivity contribution in [3.8, 4) is 0 Å². The summed E-state index contributed by atoms with van der Waals surface area (Å²) in [6.07, 6.45) is 2.95. The van der Waals surface area contributed by atoms with E-state index in [2.05, 4.69) is 17.6 Å². The number of fused-ring (bicyclic) bond motifs is 5. The lowest BCUT2D eigenvalue weighted by Crippen LogP contribution is -2.60. The Bertz CT molecular complexity index is 3290. The lowest BCUT2D eigenvalue weighted by molar-refractivity contribution is -0.166. The molecule has 0 aliphatic heterocycles. The number of unbranched alkanes of at least 4 members (excludes halogenated alkanes) is 17. The van der Waals surface area contributed by atoms with E-state index in [1.165, 1.54) is 90.4 Å². The topological polar surface area (TPSA) is 145 Å². The molecule has 2 N–H and O–H groups in total. The molecule has 22 heteroatoms. The van der Waals surface area contributed by atoms with Crippen LogP contribution in [0.3, 0.4) is 0 Å². The van der Waals surface area contributed by atoms with Crippen molar-refractivity contribution in [1.82, 2.24) is 0 Å². The molecule has 4 saturated carbocycles. The summed E-state index contributed by atoms with van der Waals surface area (Å²) in [5.41, 5.74) is -15.8. The Balaban J connectivity index is 1.04. The number of nitrogens with one attached hydrogen (secondary N) is 2. The number of anilines is 4. The van der Waals surface area contributed by atoms with Crippen molar-refractivity contribution < 1.29 is 71.7 Å². The highest BCUT2D eigenvalue weighted by Gasteiger charge is 2.68. The highest BCUT2D eigenvalue weighted by atomic mass is 19.4. The van der Waals surface area contributed by atoms with Crippen molar-refractivity contribution in [2.45, 2.75) is 257 Å². The highest BCUT2D eigenvalue weighted by Crippen LogP contribution is 2.74. The van der Waals surface area contributed by atoms with Gasteiger partial charge in [0.15, 0.2) is 0 Å². The fraction of sp³-hybridized carbons (Fsp3) is 0.690. The van der Waals surface area contributed by atoms with Crippen LogP contribution in [0.5, 0.6) is 0 Å². The maximum Gasteiger partial charge on any atom is 0.416 e. The summed E-state index contributed by atoms with van der Waals surface area (Å²) in [7, 11) is 0. The number of ether oxygens (including phenoxy) is 2. The second kappa shape index (κ2) is 30.2. The molecule has 0 bridgehead atoms. The number of hydrogen-bond acceptors (Lipinski definition) is 10. The Kier molecular flexibility index (Phi) is 23.7. The zero-order valence-electron chi connectivity index (χ0n) is 54.0. The van der Waals surface area contributed by atoms with Crippen molar-refractivity contribution in [2.24, 2.45) is 46.3 Å². The van der Waals surface area contributed by atoms with Crippen molar-refractivity contribution in [3.63, 3.8) is 0 Å². The van der Waals surface area contributed by atoms with Gasteiger partial charge in [-0.3, -0.25) is 28.8 Å². The Morgan fingerprint density at radius 2 is 0.989 bits per heavy atom. The molecule has 4 aliphatic rings. The maximum absolute atomic E-state index is 14.5. The van der Waals surface area contributed by atoms with Gasteiger partial charge in [-0.25, -0.2) is 0 Å². The van der Waals surface area contributed by atoms with E-state index in [9.17, 15) is 81.5 Å². The van der Waals surface area contributed by atoms with Gasteiger partial charge >= 0.3 is 36.6 Å². The van der Waals surface area contributed by atoms with E-state index < -0.39 is 150 Å². The summed E-state index contributed by atoms with van der Waals surface area (Å²) in [6.45, 7) is 9.58. The van der Waals surface area contributed by atoms with Gasteiger partial charge in [0.1, 0.15) is 6.10 Å². The zero-order valence-corrected chi connectivity index (χ0v) is 54.0. The predicted octanol–water partition coefficient (Wildman–Crippen LogP) is 19.5. The summed E-state index contributed by atoms with van der Waals surface area (Å²) in [6, 6.07) is 1.46. The van der Waals surface area contributed by atoms with E-state index in [4.69, 9.17) is 9.47 Å². The van der Waals surface area contributed by atoms with Crippen LogP contribution in [-0.2, 0) is 43.8 Å². The minimum atomic E-state index is -5.27. The fourth-order valence-electron chi connectivity index (χ4n) is 17.4. The zero-order chi connectivity index (χ0) is 68.0. The SMILES string of the molecule is CCCCCCCCCCCCCCCCCCCCOC(=O)CCC[C@@H](C)[C@H]1CC[C@H]2[C@@H]3C(c4c(Nc5cc(C(F)(F)F)cc(C(F)(F)F)c5)c(=O)c4=O)C[C@H]4CC(OC(C)=O)CC[C@]4(C)[C@H]3CC(c3c(Nc4cc(C(F)(F)F)cc(C(F)(F)F)c4)c(=O)c3=O)[C@]12C. The van der Waals surface area contributed by atoms with Crippen LogP contribution in [0.25, 0.3) is 0 Å². The lowest BCUT2D eigenvalue weighted by atomic mass is 9.39. The van der Waals surface area contributed by atoms with Gasteiger partial charge in [0.05, 0.1) is 40.2 Å². The summed E-state index contributed by atoms with van der Waals surface area (Å²) in [5, 5.41) is 5.00. The Labute approximate surface area is 535 Å². The molecule has 0 spiro atoms. The van der Waals surface area contributed by atoms with Gasteiger partial charge in [0.25, 0.3) is 0 Å². The molecule has 3 unspecified atom stereocenters. The van der Waals surface area contributed by atoms with Crippen LogP contribution in [0.1, 0.15) is 260 Å². The standard InChI is InChI=1S/C71H90F12N2O8/c1-6-7-8-9-10-11-12-13-14-15-16-17-18-19-20-21-22-23-31-92-56(87)26-24-25-41(2)52-27-28-53-57-51(58-60(64(90)62(58)88)84-48-34-44(68(72,73)74)32-45(35-48)69(75,76)77)39-43-38-50(93-42(3)86)29-30-66(43,4)54(57)40-55(67(52,53)5)59-61(65(91)63(59)89)85-49-36-46(70(78,79)80)33-47(37-49)71(81,82)83/h32-37,41,43,50-55,57,84-85H,6-31,38-40H2,1-5H3/t41-,43-,50?,51?,52-,53+,54+,55?,57+,66+,67-/m1/s1. The van der Waals surface area contributed by atoms with Crippen molar-refractivity contribution in [3.05, 3.63) is 111 Å². The van der Waals surface area contributed by atoms with E-state index >= 15 is 0 Å². The highest BCUT2D eigenvalue weighted by molar-refractivity contribution is 5.71. The third-order valence-electron chi connectivity index (χ3n) is 22.0. The van der Waals surface area contributed by atoms with Gasteiger partial charge in [0, 0.05) is 35.8 Å². The molecule has 4 aromatic rings. The minimum Gasteiger partial charge on any atom is -0.466 e. The molecule has 0 radical (unpaired) electrons. The Morgan fingerprint density at radius 1 is 0.548 bits per heavy atom. The first-order chi connectivity index (χ1) is 43.7. The molecule has 4 aromatic carbocycles. The molecule has 93 heavy (non-hydrogen) atoms. The maximum atomic E-state index is 14.5. The predicted molar refractivity (Wildman–Crippen MR) is 332 cm³/mol. The van der Waals surface area contributed by atoms with Crippen LogP contribution < -0.4 is 32.3 Å². The molecule has 0 saturated heterocycles. The molecule has 11 atom stereocenters. The van der Waals surface area contributed by atoms with Crippen molar-refractivity contribution >= 4 is 34.7 Å². The van der Waals surface area contributed by atoms with Crippen LogP contribution in [0.15, 0.2) is 55.6 Å². The summed E-state index contributed by atoms with van der Waals surface area (Å²) >= 11 is 0. The van der Waals surface area contributed by atoms with E-state index in [1.54, 1.807) is 0 Å². The molecule has 0 amide bonds. The van der Waals surface area contributed by atoms with Crippen LogP contribution in [-0.4, -0.2) is 24.6 Å². The average molecular weight is 1330 g/mol. The molecule has 4 fully saturated rings. The van der Waals surface area contributed by atoms with Crippen LogP contribution in [0, 0.1) is 46.3 Å². The number of carbonyl (C=O) groups excluding carboxylic acids is 2. The summed E-state index contributed by atoms with van der Waals surface area (Å²) in [5.74, 6) is -5.73. The fourth-order valence-corrected chi connectivity index (χ4v) is 17.4. The normalized spacial score (nSPS) is 25.3. The molecule has 10 nitrogen and oxygen atoms in total. The molecular weight excluding hydrogens is 1240 g/mol. The number of alkyl halides is 12. The number of benzene rings is 2. The van der Waals surface area contributed by atoms with Crippen LogP contribution >= 0.6 is 0 Å². The number of esters is 2. The monoisotopic (exact) mass is 1330 g/mol. The van der Waals surface area contributed by atoms with Gasteiger partial charge in [-0.15, -0.1) is 0 Å². The van der Waals surface area contributed by atoms with Gasteiger partial charge in [-0.1, -0.05) is 137 Å². The Hall–Kier alpha value is -5.70. The van der Waals surface area contributed by atoms with Gasteiger partial charge < -0.3 is 20.1 Å². The van der Waals surface area contributed by atoms with Gasteiger partial charge in [-0.2, -0.15) is 52.7 Å². The molecule has 0 heterocycles. The largest absolute Gasteiger partial charge is 0.466 e.